The first-order valence-electron chi connectivity index (χ1n) is 5.99. The van der Waals surface area contributed by atoms with Gasteiger partial charge in [-0.25, -0.2) is 0 Å². The Bertz CT molecular complexity index is 521. The molecule has 0 aliphatic heterocycles. The number of aryl methyl sites for hydroxylation is 1. The molecule has 0 aromatic heterocycles. The molecule has 0 aliphatic carbocycles. The molecule has 0 amide bonds. The molecule has 0 unspecified atom stereocenters. The quantitative estimate of drug-likeness (QED) is 0.859. The lowest BCUT2D eigenvalue weighted by atomic mass is 10.1. The van der Waals surface area contributed by atoms with Crippen LogP contribution >= 0.6 is 0 Å². The van der Waals surface area contributed by atoms with E-state index in [1.165, 1.54) is 0 Å². The third-order valence-electron chi connectivity index (χ3n) is 2.68. The maximum absolute atomic E-state index is 10.1. The molecule has 0 saturated heterocycles. The van der Waals surface area contributed by atoms with Crippen LogP contribution in [0.2, 0.25) is 0 Å². The SMILES string of the molecule is CCCc1ccc(O)c(Oc2ccccc2)c1O. The Morgan fingerprint density at radius 3 is 2.39 bits per heavy atom. The van der Waals surface area contributed by atoms with Crippen molar-refractivity contribution in [3.05, 3.63) is 48.0 Å². The fraction of sp³-hybridized carbons (Fsp3) is 0.200. The average molecular weight is 244 g/mol. The maximum atomic E-state index is 10.1. The minimum Gasteiger partial charge on any atom is -0.504 e. The van der Waals surface area contributed by atoms with Gasteiger partial charge in [-0.2, -0.15) is 0 Å². The predicted octanol–water partition coefficient (Wildman–Crippen LogP) is 3.84. The van der Waals surface area contributed by atoms with Crippen LogP contribution in [0.1, 0.15) is 18.9 Å². The van der Waals surface area contributed by atoms with Gasteiger partial charge in [-0.3, -0.25) is 0 Å². The summed E-state index contributed by atoms with van der Waals surface area (Å²) in [5.41, 5.74) is 0.779. The lowest BCUT2D eigenvalue weighted by Crippen LogP contribution is -1.90. The van der Waals surface area contributed by atoms with Crippen molar-refractivity contribution in [1.29, 1.82) is 0 Å². The largest absolute Gasteiger partial charge is 0.504 e. The topological polar surface area (TPSA) is 49.7 Å². The summed E-state index contributed by atoms with van der Waals surface area (Å²) in [4.78, 5) is 0. The zero-order valence-electron chi connectivity index (χ0n) is 10.3. The van der Waals surface area contributed by atoms with E-state index in [4.69, 9.17) is 4.74 Å². The number of ether oxygens (including phenoxy) is 1. The van der Waals surface area contributed by atoms with Gasteiger partial charge in [0.25, 0.3) is 0 Å². The van der Waals surface area contributed by atoms with Gasteiger partial charge in [0, 0.05) is 0 Å². The Kier molecular flexibility index (Phi) is 3.72. The summed E-state index contributed by atoms with van der Waals surface area (Å²) in [7, 11) is 0. The Balaban J connectivity index is 2.34. The number of phenolic OH excluding ortho intramolecular Hbond substituents is 2. The van der Waals surface area contributed by atoms with Crippen molar-refractivity contribution in [1.82, 2.24) is 0 Å². The summed E-state index contributed by atoms with van der Waals surface area (Å²) in [6.07, 6.45) is 1.67. The van der Waals surface area contributed by atoms with Gasteiger partial charge in [-0.1, -0.05) is 37.6 Å². The molecule has 3 nitrogen and oxygen atoms in total. The fourth-order valence-electron chi connectivity index (χ4n) is 1.78. The minimum atomic E-state index is -0.0591. The summed E-state index contributed by atoms with van der Waals surface area (Å²) in [6.45, 7) is 2.03. The second-order valence-electron chi connectivity index (χ2n) is 4.09. The van der Waals surface area contributed by atoms with E-state index in [-0.39, 0.29) is 17.2 Å². The standard InChI is InChI=1S/C15H16O3/c1-2-6-11-9-10-13(16)15(14(11)17)18-12-7-4-3-5-8-12/h3-5,7-10,16-17H,2,6H2,1H3. The Morgan fingerprint density at radius 2 is 1.72 bits per heavy atom. The van der Waals surface area contributed by atoms with Crippen LogP contribution in [0, 0.1) is 0 Å². The van der Waals surface area contributed by atoms with Crippen LogP contribution in [0.3, 0.4) is 0 Å². The summed E-state index contributed by atoms with van der Waals surface area (Å²) in [5.74, 6) is 0.654. The number of phenols is 2. The molecule has 2 rings (SSSR count). The Morgan fingerprint density at radius 1 is 1.00 bits per heavy atom. The van der Waals surface area contributed by atoms with Gasteiger partial charge < -0.3 is 14.9 Å². The third kappa shape index (κ3) is 2.56. The molecule has 0 saturated carbocycles. The molecular weight excluding hydrogens is 228 g/mol. The number of benzene rings is 2. The smallest absolute Gasteiger partial charge is 0.210 e. The van der Waals surface area contributed by atoms with Crippen molar-refractivity contribution in [3.8, 4) is 23.0 Å². The van der Waals surface area contributed by atoms with Gasteiger partial charge in [0.2, 0.25) is 5.75 Å². The molecule has 0 fully saturated rings. The van der Waals surface area contributed by atoms with E-state index in [9.17, 15) is 10.2 Å². The van der Waals surface area contributed by atoms with E-state index in [0.717, 1.165) is 18.4 Å². The van der Waals surface area contributed by atoms with Gasteiger partial charge >= 0.3 is 0 Å². The van der Waals surface area contributed by atoms with Crippen LogP contribution in [-0.4, -0.2) is 10.2 Å². The van der Waals surface area contributed by atoms with E-state index in [2.05, 4.69) is 0 Å². The van der Waals surface area contributed by atoms with Crippen molar-refractivity contribution >= 4 is 0 Å². The molecule has 2 aromatic rings. The lowest BCUT2D eigenvalue weighted by Gasteiger charge is -2.12. The molecule has 0 heterocycles. The van der Waals surface area contributed by atoms with E-state index < -0.39 is 0 Å². The lowest BCUT2D eigenvalue weighted by molar-refractivity contribution is 0.373. The van der Waals surface area contributed by atoms with E-state index in [0.29, 0.717) is 5.75 Å². The number of para-hydroxylation sites is 1. The third-order valence-corrected chi connectivity index (χ3v) is 2.68. The summed E-state index contributed by atoms with van der Waals surface area (Å²) >= 11 is 0. The molecule has 0 bridgehead atoms. The summed E-state index contributed by atoms with van der Waals surface area (Å²) < 4.78 is 5.53. The highest BCUT2D eigenvalue weighted by molar-refractivity contribution is 5.55. The molecule has 0 spiro atoms. The molecule has 2 aromatic carbocycles. The van der Waals surface area contributed by atoms with Gasteiger partial charge in [-0.05, 0) is 30.2 Å². The second-order valence-corrected chi connectivity index (χ2v) is 4.09. The van der Waals surface area contributed by atoms with E-state index >= 15 is 0 Å². The monoisotopic (exact) mass is 244 g/mol. The number of rotatable bonds is 4. The van der Waals surface area contributed by atoms with E-state index in [1.54, 1.807) is 24.3 Å². The zero-order chi connectivity index (χ0) is 13.0. The van der Waals surface area contributed by atoms with Crippen LogP contribution in [0.15, 0.2) is 42.5 Å². The van der Waals surface area contributed by atoms with Gasteiger partial charge in [0.15, 0.2) is 11.5 Å². The molecule has 94 valence electrons. The van der Waals surface area contributed by atoms with Crippen LogP contribution < -0.4 is 4.74 Å². The number of hydrogen-bond donors (Lipinski definition) is 2. The van der Waals surface area contributed by atoms with Crippen LogP contribution in [-0.2, 0) is 6.42 Å². The summed E-state index contributed by atoms with van der Waals surface area (Å²) in [6, 6.07) is 12.3. The number of hydrogen-bond acceptors (Lipinski definition) is 3. The van der Waals surface area contributed by atoms with Crippen LogP contribution in [0.25, 0.3) is 0 Å². The maximum Gasteiger partial charge on any atom is 0.210 e. The number of aromatic hydroxyl groups is 2. The Labute approximate surface area is 106 Å². The Hall–Kier alpha value is -2.16. The van der Waals surface area contributed by atoms with Crippen LogP contribution in [0.5, 0.6) is 23.0 Å². The van der Waals surface area contributed by atoms with Crippen molar-refractivity contribution < 1.29 is 14.9 Å². The molecule has 0 atom stereocenters. The predicted molar refractivity (Wildman–Crippen MR) is 70.3 cm³/mol. The molecule has 3 heteroatoms. The van der Waals surface area contributed by atoms with Gasteiger partial charge in [-0.15, -0.1) is 0 Å². The minimum absolute atomic E-state index is 0.0145. The van der Waals surface area contributed by atoms with Crippen molar-refractivity contribution in [2.45, 2.75) is 19.8 Å². The van der Waals surface area contributed by atoms with Crippen molar-refractivity contribution in [3.63, 3.8) is 0 Å². The first kappa shape index (κ1) is 12.3. The average Bonchev–Trinajstić information content (AvgIpc) is 2.39. The molecule has 2 N–H and O–H groups in total. The highest BCUT2D eigenvalue weighted by atomic mass is 16.5. The zero-order valence-corrected chi connectivity index (χ0v) is 10.3. The highest BCUT2D eigenvalue weighted by Gasteiger charge is 2.14. The normalized spacial score (nSPS) is 10.3. The van der Waals surface area contributed by atoms with Gasteiger partial charge in [0.05, 0.1) is 0 Å². The second kappa shape index (κ2) is 5.45. The van der Waals surface area contributed by atoms with Gasteiger partial charge in [0.1, 0.15) is 5.75 Å². The molecule has 0 aliphatic rings. The van der Waals surface area contributed by atoms with E-state index in [1.807, 2.05) is 25.1 Å². The molecule has 18 heavy (non-hydrogen) atoms. The summed E-state index contributed by atoms with van der Waals surface area (Å²) in [5, 5.41) is 19.8. The van der Waals surface area contributed by atoms with Crippen LogP contribution in [0.4, 0.5) is 0 Å². The molecular formula is C15H16O3. The first-order valence-corrected chi connectivity index (χ1v) is 5.99. The first-order chi connectivity index (χ1) is 8.72. The molecule has 0 radical (unpaired) electrons. The fourth-order valence-corrected chi connectivity index (χ4v) is 1.78. The highest BCUT2D eigenvalue weighted by Crippen LogP contribution is 2.41. The van der Waals surface area contributed by atoms with Crippen molar-refractivity contribution in [2.75, 3.05) is 0 Å². The van der Waals surface area contributed by atoms with Crippen molar-refractivity contribution in [2.24, 2.45) is 0 Å².